The van der Waals surface area contributed by atoms with E-state index in [2.05, 4.69) is 22.8 Å². The van der Waals surface area contributed by atoms with Crippen molar-refractivity contribution in [2.45, 2.75) is 38.1 Å². The monoisotopic (exact) mass is 246 g/mol. The van der Waals surface area contributed by atoms with Gasteiger partial charge >= 0.3 is 0 Å². The average Bonchev–Trinajstić information content (AvgIpc) is 2.91. The number of rotatable bonds is 6. The minimum atomic E-state index is 0.164. The number of hydrogen-bond acceptors (Lipinski definition) is 2. The molecule has 0 bridgehead atoms. The van der Waals surface area contributed by atoms with Gasteiger partial charge in [-0.1, -0.05) is 30.3 Å². The summed E-state index contributed by atoms with van der Waals surface area (Å²) in [4.78, 5) is 11.7. The van der Waals surface area contributed by atoms with E-state index >= 15 is 0 Å². The molecule has 1 aliphatic rings. The second-order valence-corrected chi connectivity index (χ2v) is 4.92. The highest BCUT2D eigenvalue weighted by atomic mass is 16.1. The zero-order valence-corrected chi connectivity index (χ0v) is 10.8. The molecule has 1 aromatic rings. The van der Waals surface area contributed by atoms with Gasteiger partial charge in [-0.3, -0.25) is 4.79 Å². The van der Waals surface area contributed by atoms with Gasteiger partial charge in [-0.15, -0.1) is 0 Å². The molecule has 1 fully saturated rings. The van der Waals surface area contributed by atoms with Crippen molar-refractivity contribution in [3.63, 3.8) is 0 Å². The second kappa shape index (κ2) is 7.17. The largest absolute Gasteiger partial charge is 0.356 e. The van der Waals surface area contributed by atoms with Crippen LogP contribution >= 0.6 is 0 Å². The van der Waals surface area contributed by atoms with Crippen LogP contribution < -0.4 is 10.6 Å². The Morgan fingerprint density at radius 1 is 1.33 bits per heavy atom. The van der Waals surface area contributed by atoms with Crippen molar-refractivity contribution in [1.82, 2.24) is 10.6 Å². The van der Waals surface area contributed by atoms with Gasteiger partial charge in [0.15, 0.2) is 0 Å². The molecule has 18 heavy (non-hydrogen) atoms. The molecule has 0 saturated carbocycles. The van der Waals surface area contributed by atoms with Gasteiger partial charge in [0, 0.05) is 19.0 Å². The number of benzene rings is 1. The lowest BCUT2D eigenvalue weighted by Crippen LogP contribution is -2.30. The maximum Gasteiger partial charge on any atom is 0.220 e. The van der Waals surface area contributed by atoms with E-state index in [0.717, 1.165) is 25.9 Å². The molecule has 0 spiro atoms. The predicted molar refractivity (Wildman–Crippen MR) is 73.4 cm³/mol. The summed E-state index contributed by atoms with van der Waals surface area (Å²) in [6, 6.07) is 10.8. The molecule has 1 aromatic carbocycles. The van der Waals surface area contributed by atoms with Crippen LogP contribution in [0.5, 0.6) is 0 Å². The first-order chi connectivity index (χ1) is 8.84. The van der Waals surface area contributed by atoms with Gasteiger partial charge in [0.25, 0.3) is 0 Å². The molecule has 2 N–H and O–H groups in total. The Hall–Kier alpha value is -1.35. The Bertz CT molecular complexity index is 358. The molecule has 2 rings (SSSR count). The number of carbonyl (C=O) groups excluding carboxylic acids is 1. The zero-order valence-electron chi connectivity index (χ0n) is 10.8. The maximum absolute atomic E-state index is 11.7. The molecule has 1 saturated heterocycles. The first-order valence-corrected chi connectivity index (χ1v) is 6.88. The van der Waals surface area contributed by atoms with Crippen LogP contribution in [0, 0.1) is 0 Å². The van der Waals surface area contributed by atoms with Crippen LogP contribution in [0.1, 0.15) is 31.2 Å². The maximum atomic E-state index is 11.7. The molecule has 1 aliphatic heterocycles. The first kappa shape index (κ1) is 13.1. The minimum absolute atomic E-state index is 0.164. The third kappa shape index (κ3) is 4.49. The zero-order chi connectivity index (χ0) is 12.6. The summed E-state index contributed by atoms with van der Waals surface area (Å²) in [5.74, 6) is 0.164. The highest BCUT2D eigenvalue weighted by Crippen LogP contribution is 2.07. The van der Waals surface area contributed by atoms with Crippen LogP contribution in [0.15, 0.2) is 30.3 Å². The minimum Gasteiger partial charge on any atom is -0.356 e. The molecule has 1 heterocycles. The van der Waals surface area contributed by atoms with Crippen molar-refractivity contribution in [3.05, 3.63) is 35.9 Å². The van der Waals surface area contributed by atoms with Gasteiger partial charge in [-0.05, 0) is 37.8 Å². The quantitative estimate of drug-likeness (QED) is 0.804. The third-order valence-corrected chi connectivity index (χ3v) is 3.46. The van der Waals surface area contributed by atoms with E-state index in [0.29, 0.717) is 12.5 Å². The molecule has 3 nitrogen and oxygen atoms in total. The SMILES string of the molecule is O=C(CCc1ccccc1)NCC[C@H]1CCCN1. The number of amides is 1. The molecular weight excluding hydrogens is 224 g/mol. The molecule has 1 amide bonds. The highest BCUT2D eigenvalue weighted by Gasteiger charge is 2.13. The lowest BCUT2D eigenvalue weighted by molar-refractivity contribution is -0.121. The fourth-order valence-electron chi connectivity index (χ4n) is 2.38. The normalized spacial score (nSPS) is 18.8. The number of hydrogen-bond donors (Lipinski definition) is 2. The van der Waals surface area contributed by atoms with Gasteiger partial charge in [-0.25, -0.2) is 0 Å². The Morgan fingerprint density at radius 2 is 2.17 bits per heavy atom. The standard InChI is InChI=1S/C15H22N2O/c18-15(9-8-13-5-2-1-3-6-13)17-12-10-14-7-4-11-16-14/h1-3,5-6,14,16H,4,7-12H2,(H,17,18)/t14-/m1/s1. The topological polar surface area (TPSA) is 41.1 Å². The Balaban J connectivity index is 1.57. The summed E-state index contributed by atoms with van der Waals surface area (Å²) < 4.78 is 0. The molecule has 0 aromatic heterocycles. The number of nitrogens with one attached hydrogen (secondary N) is 2. The molecule has 98 valence electrons. The van der Waals surface area contributed by atoms with Gasteiger partial charge in [0.1, 0.15) is 0 Å². The summed E-state index contributed by atoms with van der Waals surface area (Å²) in [7, 11) is 0. The van der Waals surface area contributed by atoms with E-state index in [9.17, 15) is 4.79 Å². The fraction of sp³-hybridized carbons (Fsp3) is 0.533. The lowest BCUT2D eigenvalue weighted by atomic mass is 10.1. The van der Waals surface area contributed by atoms with Crippen LogP contribution in [0.3, 0.4) is 0 Å². The molecule has 0 radical (unpaired) electrons. The highest BCUT2D eigenvalue weighted by molar-refractivity contribution is 5.76. The second-order valence-electron chi connectivity index (χ2n) is 4.92. The molecule has 0 aliphatic carbocycles. The van der Waals surface area contributed by atoms with Crippen molar-refractivity contribution >= 4 is 5.91 Å². The molecule has 3 heteroatoms. The van der Waals surface area contributed by atoms with E-state index in [1.54, 1.807) is 0 Å². The Morgan fingerprint density at radius 3 is 2.89 bits per heavy atom. The van der Waals surface area contributed by atoms with Gasteiger partial charge in [0.05, 0.1) is 0 Å². The summed E-state index contributed by atoms with van der Waals surface area (Å²) in [6.45, 7) is 1.93. The van der Waals surface area contributed by atoms with Crippen LogP contribution in [0.4, 0.5) is 0 Å². The van der Waals surface area contributed by atoms with Crippen molar-refractivity contribution in [3.8, 4) is 0 Å². The first-order valence-electron chi connectivity index (χ1n) is 6.88. The van der Waals surface area contributed by atoms with Crippen molar-refractivity contribution in [2.24, 2.45) is 0 Å². The van der Waals surface area contributed by atoms with Crippen molar-refractivity contribution in [1.29, 1.82) is 0 Å². The van der Waals surface area contributed by atoms with Crippen LogP contribution in [0.2, 0.25) is 0 Å². The number of carbonyl (C=O) groups is 1. The molecular formula is C15H22N2O. The Kier molecular flexibility index (Phi) is 5.21. The summed E-state index contributed by atoms with van der Waals surface area (Å²) >= 11 is 0. The van der Waals surface area contributed by atoms with E-state index in [4.69, 9.17) is 0 Å². The lowest BCUT2D eigenvalue weighted by Gasteiger charge is -2.10. The van der Waals surface area contributed by atoms with Crippen LogP contribution in [-0.2, 0) is 11.2 Å². The summed E-state index contributed by atoms with van der Waals surface area (Å²) in [5.41, 5.74) is 1.23. The molecule has 0 unspecified atom stereocenters. The Labute approximate surface area is 109 Å². The number of aryl methyl sites for hydroxylation is 1. The van der Waals surface area contributed by atoms with Crippen LogP contribution in [-0.4, -0.2) is 25.0 Å². The van der Waals surface area contributed by atoms with E-state index in [1.807, 2.05) is 18.2 Å². The summed E-state index contributed by atoms with van der Waals surface area (Å²) in [5, 5.41) is 6.44. The van der Waals surface area contributed by atoms with E-state index < -0.39 is 0 Å². The van der Waals surface area contributed by atoms with Crippen molar-refractivity contribution in [2.75, 3.05) is 13.1 Å². The molecule has 1 atom stereocenters. The fourth-order valence-corrected chi connectivity index (χ4v) is 2.38. The average molecular weight is 246 g/mol. The third-order valence-electron chi connectivity index (χ3n) is 3.46. The summed E-state index contributed by atoms with van der Waals surface area (Å²) in [6.07, 6.45) is 4.99. The van der Waals surface area contributed by atoms with Crippen molar-refractivity contribution < 1.29 is 4.79 Å². The van der Waals surface area contributed by atoms with Gasteiger partial charge < -0.3 is 10.6 Å². The van der Waals surface area contributed by atoms with E-state index in [1.165, 1.54) is 18.4 Å². The van der Waals surface area contributed by atoms with Crippen LogP contribution in [0.25, 0.3) is 0 Å². The van der Waals surface area contributed by atoms with Gasteiger partial charge in [0.2, 0.25) is 5.91 Å². The van der Waals surface area contributed by atoms with E-state index in [-0.39, 0.29) is 5.91 Å². The van der Waals surface area contributed by atoms with Gasteiger partial charge in [-0.2, -0.15) is 0 Å². The smallest absolute Gasteiger partial charge is 0.220 e. The predicted octanol–water partition coefficient (Wildman–Crippen LogP) is 1.88.